The van der Waals surface area contributed by atoms with E-state index < -0.39 is 5.97 Å². The fourth-order valence-corrected chi connectivity index (χ4v) is 2.58. The highest BCUT2D eigenvalue weighted by atomic mass is 35.5. The fraction of sp³-hybridized carbons (Fsp3) is 0.0556. The monoisotopic (exact) mass is 312 g/mol. The molecule has 3 aromatic rings. The molecule has 3 nitrogen and oxygen atoms in total. The Hall–Kier alpha value is -2.52. The number of hydrogen-bond acceptors (Lipinski definition) is 2. The molecule has 110 valence electrons. The van der Waals surface area contributed by atoms with E-state index in [1.54, 1.807) is 18.2 Å². The third-order valence-corrected chi connectivity index (χ3v) is 3.81. The zero-order valence-electron chi connectivity index (χ0n) is 11.6. The van der Waals surface area contributed by atoms with Gasteiger partial charge in [-0.25, -0.2) is 4.79 Å². The van der Waals surface area contributed by atoms with Crippen LogP contribution in [0.1, 0.15) is 15.9 Å². The second-order valence-electron chi connectivity index (χ2n) is 4.89. The van der Waals surface area contributed by atoms with Crippen molar-refractivity contribution in [1.29, 1.82) is 0 Å². The van der Waals surface area contributed by atoms with Crippen LogP contribution in [0.25, 0.3) is 10.8 Å². The van der Waals surface area contributed by atoms with Gasteiger partial charge >= 0.3 is 5.97 Å². The molecule has 3 rings (SSSR count). The number of carboxylic acid groups (broad SMARTS) is 1. The van der Waals surface area contributed by atoms with Crippen LogP contribution in [-0.4, -0.2) is 11.1 Å². The van der Waals surface area contributed by atoms with Crippen LogP contribution < -0.4 is 4.74 Å². The minimum atomic E-state index is -1.03. The summed E-state index contributed by atoms with van der Waals surface area (Å²) >= 11 is 6.14. The molecule has 0 radical (unpaired) electrons. The zero-order chi connectivity index (χ0) is 15.5. The predicted octanol–water partition coefficient (Wildman–Crippen LogP) is 4.77. The van der Waals surface area contributed by atoms with Crippen LogP contribution in [0.3, 0.4) is 0 Å². The summed E-state index contributed by atoms with van der Waals surface area (Å²) in [5, 5.41) is 10.9. The molecule has 0 unspecified atom stereocenters. The lowest BCUT2D eigenvalue weighted by atomic mass is 10.1. The summed E-state index contributed by atoms with van der Waals surface area (Å²) in [6, 6.07) is 18.6. The standard InChI is InChI=1S/C18H13ClO3/c19-17-15-9-7-14(22-11-12-4-2-1-3-5-12)10-13(15)6-8-16(17)18(20)21/h1-10H,11H2,(H,20,21). The van der Waals surface area contributed by atoms with Crippen molar-refractivity contribution >= 4 is 28.3 Å². The van der Waals surface area contributed by atoms with Gasteiger partial charge in [0.2, 0.25) is 0 Å². The molecule has 0 heterocycles. The molecule has 0 bridgehead atoms. The Labute approximate surface area is 132 Å². The van der Waals surface area contributed by atoms with Crippen LogP contribution >= 0.6 is 11.6 Å². The van der Waals surface area contributed by atoms with Crippen LogP contribution in [0.15, 0.2) is 60.7 Å². The van der Waals surface area contributed by atoms with Gasteiger partial charge in [-0.1, -0.05) is 48.0 Å². The first-order valence-corrected chi connectivity index (χ1v) is 7.15. The molecule has 0 spiro atoms. The first kappa shape index (κ1) is 14.4. The number of aromatic carboxylic acids is 1. The number of fused-ring (bicyclic) bond motifs is 1. The SMILES string of the molecule is O=C(O)c1ccc2cc(OCc3ccccc3)ccc2c1Cl. The lowest BCUT2D eigenvalue weighted by Gasteiger charge is -2.09. The largest absolute Gasteiger partial charge is 0.489 e. The van der Waals surface area contributed by atoms with Crippen molar-refractivity contribution in [3.8, 4) is 5.75 Å². The van der Waals surface area contributed by atoms with Crippen LogP contribution in [0.5, 0.6) is 5.75 Å². The Morgan fingerprint density at radius 2 is 1.82 bits per heavy atom. The first-order valence-electron chi connectivity index (χ1n) is 6.77. The molecule has 0 aliphatic heterocycles. The fourth-order valence-electron chi connectivity index (χ4n) is 2.27. The smallest absolute Gasteiger partial charge is 0.337 e. The molecule has 1 N–H and O–H groups in total. The highest BCUT2D eigenvalue weighted by molar-refractivity contribution is 6.38. The quantitative estimate of drug-likeness (QED) is 0.754. The van der Waals surface area contributed by atoms with Gasteiger partial charge in [0.05, 0.1) is 10.6 Å². The van der Waals surface area contributed by atoms with Gasteiger partial charge in [0.25, 0.3) is 0 Å². The lowest BCUT2D eigenvalue weighted by Crippen LogP contribution is -1.98. The molecule has 0 atom stereocenters. The van der Waals surface area contributed by atoms with Gasteiger partial charge in [-0.3, -0.25) is 0 Å². The molecular weight excluding hydrogens is 300 g/mol. The van der Waals surface area contributed by atoms with Crippen LogP contribution in [-0.2, 0) is 6.61 Å². The molecule has 0 aliphatic carbocycles. The second kappa shape index (κ2) is 6.08. The topological polar surface area (TPSA) is 46.5 Å². The van der Waals surface area contributed by atoms with Crippen LogP contribution in [0, 0.1) is 0 Å². The normalized spacial score (nSPS) is 10.6. The first-order chi connectivity index (χ1) is 10.6. The van der Waals surface area contributed by atoms with E-state index in [1.807, 2.05) is 36.4 Å². The summed E-state index contributed by atoms with van der Waals surface area (Å²) in [5.41, 5.74) is 1.19. The van der Waals surface area contributed by atoms with E-state index in [2.05, 4.69) is 0 Å². The van der Waals surface area contributed by atoms with E-state index in [0.717, 1.165) is 16.7 Å². The minimum Gasteiger partial charge on any atom is -0.489 e. The third-order valence-electron chi connectivity index (χ3n) is 3.40. The van der Waals surface area contributed by atoms with Crippen LogP contribution in [0.2, 0.25) is 5.02 Å². The summed E-state index contributed by atoms with van der Waals surface area (Å²) in [5.74, 6) is -0.313. The summed E-state index contributed by atoms with van der Waals surface area (Å²) < 4.78 is 5.76. The second-order valence-corrected chi connectivity index (χ2v) is 5.27. The van der Waals surface area contributed by atoms with Gasteiger partial charge in [-0.2, -0.15) is 0 Å². The number of rotatable bonds is 4. The van der Waals surface area contributed by atoms with E-state index in [4.69, 9.17) is 21.4 Å². The summed E-state index contributed by atoms with van der Waals surface area (Å²) in [6.45, 7) is 0.479. The number of hydrogen-bond donors (Lipinski definition) is 1. The molecule has 3 aromatic carbocycles. The molecule has 0 fully saturated rings. The Morgan fingerprint density at radius 3 is 2.55 bits per heavy atom. The van der Waals surface area contributed by atoms with E-state index >= 15 is 0 Å². The third kappa shape index (κ3) is 2.90. The summed E-state index contributed by atoms with van der Waals surface area (Å²) in [7, 11) is 0. The maximum Gasteiger partial charge on any atom is 0.337 e. The number of halogens is 1. The highest BCUT2D eigenvalue weighted by Gasteiger charge is 2.12. The van der Waals surface area contributed by atoms with Gasteiger partial charge in [0.1, 0.15) is 12.4 Å². The van der Waals surface area contributed by atoms with Gasteiger partial charge in [-0.15, -0.1) is 0 Å². The average molecular weight is 313 g/mol. The molecule has 4 heteroatoms. The van der Waals surface area contributed by atoms with Gasteiger partial charge in [0.15, 0.2) is 0 Å². The van der Waals surface area contributed by atoms with Gasteiger partial charge in [-0.05, 0) is 35.2 Å². The van der Waals surface area contributed by atoms with E-state index in [9.17, 15) is 4.79 Å². The lowest BCUT2D eigenvalue weighted by molar-refractivity contribution is 0.0697. The number of ether oxygens (including phenoxy) is 1. The van der Waals surface area contributed by atoms with Crippen molar-refractivity contribution < 1.29 is 14.6 Å². The van der Waals surface area contributed by atoms with E-state index in [1.165, 1.54) is 6.07 Å². The minimum absolute atomic E-state index is 0.104. The van der Waals surface area contributed by atoms with Crippen LogP contribution in [0.4, 0.5) is 0 Å². The maximum atomic E-state index is 11.1. The maximum absolute atomic E-state index is 11.1. The summed E-state index contributed by atoms with van der Waals surface area (Å²) in [4.78, 5) is 11.1. The van der Waals surface area contributed by atoms with Gasteiger partial charge < -0.3 is 9.84 Å². The zero-order valence-corrected chi connectivity index (χ0v) is 12.4. The number of benzene rings is 3. The predicted molar refractivity (Wildman–Crippen MR) is 86.7 cm³/mol. The number of carbonyl (C=O) groups is 1. The highest BCUT2D eigenvalue weighted by Crippen LogP contribution is 2.30. The Balaban J connectivity index is 1.87. The Bertz CT molecular complexity index is 828. The molecule has 0 saturated heterocycles. The average Bonchev–Trinajstić information content (AvgIpc) is 2.54. The van der Waals surface area contributed by atoms with E-state index in [0.29, 0.717) is 12.0 Å². The van der Waals surface area contributed by atoms with Crippen molar-refractivity contribution in [3.63, 3.8) is 0 Å². The van der Waals surface area contributed by atoms with Crippen molar-refractivity contribution in [2.45, 2.75) is 6.61 Å². The molecular formula is C18H13ClO3. The van der Waals surface area contributed by atoms with Crippen molar-refractivity contribution in [2.75, 3.05) is 0 Å². The van der Waals surface area contributed by atoms with Gasteiger partial charge in [0, 0.05) is 5.39 Å². The Kier molecular flexibility index (Phi) is 3.98. The van der Waals surface area contributed by atoms with Crippen molar-refractivity contribution in [3.05, 3.63) is 76.8 Å². The van der Waals surface area contributed by atoms with Crippen molar-refractivity contribution in [1.82, 2.24) is 0 Å². The molecule has 0 aliphatic rings. The molecule has 0 saturated carbocycles. The molecule has 22 heavy (non-hydrogen) atoms. The number of carboxylic acids is 1. The Morgan fingerprint density at radius 1 is 1.05 bits per heavy atom. The summed E-state index contributed by atoms with van der Waals surface area (Å²) in [6.07, 6.45) is 0. The van der Waals surface area contributed by atoms with E-state index in [-0.39, 0.29) is 10.6 Å². The van der Waals surface area contributed by atoms with Crippen molar-refractivity contribution in [2.24, 2.45) is 0 Å². The molecule has 0 amide bonds. The molecule has 0 aromatic heterocycles.